The number of carbonyl (C=O) groups excluding carboxylic acids is 1. The summed E-state index contributed by atoms with van der Waals surface area (Å²) >= 11 is 0. The number of rotatable bonds is 10. The van der Waals surface area contributed by atoms with E-state index in [9.17, 15) is 4.79 Å². The van der Waals surface area contributed by atoms with Crippen molar-refractivity contribution in [3.8, 4) is 0 Å². The first-order chi connectivity index (χ1) is 9.72. The van der Waals surface area contributed by atoms with E-state index in [4.69, 9.17) is 5.73 Å². The molecule has 0 spiro atoms. The molecule has 0 heterocycles. The fourth-order valence-electron chi connectivity index (χ4n) is 2.62. The fourth-order valence-corrected chi connectivity index (χ4v) is 2.62. The Morgan fingerprint density at radius 2 is 1.71 bits per heavy atom. The van der Waals surface area contributed by atoms with Crippen LogP contribution < -0.4 is 5.73 Å². The molecule has 0 rings (SSSR count). The zero-order chi connectivity index (χ0) is 16.5. The first kappa shape index (κ1) is 20.4. The van der Waals surface area contributed by atoms with Crippen molar-refractivity contribution < 1.29 is 4.79 Å². The molecule has 0 radical (unpaired) electrons. The van der Waals surface area contributed by atoms with E-state index in [1.54, 1.807) is 0 Å². The lowest BCUT2D eigenvalue weighted by Gasteiger charge is -2.31. The molecule has 0 fully saturated rings. The van der Waals surface area contributed by atoms with Crippen LogP contribution in [0.3, 0.4) is 0 Å². The van der Waals surface area contributed by atoms with Gasteiger partial charge in [-0.25, -0.2) is 0 Å². The van der Waals surface area contributed by atoms with E-state index in [2.05, 4.69) is 32.6 Å². The number of carbonyl (C=O) groups is 1. The average molecular weight is 300 g/mol. The van der Waals surface area contributed by atoms with Gasteiger partial charge in [-0.05, 0) is 51.2 Å². The van der Waals surface area contributed by atoms with Gasteiger partial charge in [-0.2, -0.15) is 0 Å². The molecule has 0 aliphatic rings. The molecule has 0 aromatic carbocycles. The molecule has 1 atom stereocenters. The van der Waals surface area contributed by atoms with Crippen LogP contribution in [0.25, 0.3) is 0 Å². The van der Waals surface area contributed by atoms with Crippen molar-refractivity contribution in [1.29, 1.82) is 0 Å². The number of hydrogen-bond acceptors (Lipinski definition) is 3. The third kappa shape index (κ3) is 9.10. The standard InChI is InChI=1S/C17H37N3O/c1-7-12-20(14-13-19(5)6)16(21)9-8-15(10-11-18)17(2,3)4/h15H,7-14,18H2,1-6H3. The predicted molar refractivity (Wildman–Crippen MR) is 91.3 cm³/mol. The predicted octanol–water partition coefficient (Wildman–Crippen LogP) is 2.58. The third-order valence-corrected chi connectivity index (χ3v) is 4.11. The van der Waals surface area contributed by atoms with Crippen LogP contribution in [0.4, 0.5) is 0 Å². The van der Waals surface area contributed by atoms with E-state index in [1.807, 2.05) is 19.0 Å². The summed E-state index contributed by atoms with van der Waals surface area (Å²) in [6.45, 7) is 12.2. The van der Waals surface area contributed by atoms with Crippen molar-refractivity contribution in [3.05, 3.63) is 0 Å². The van der Waals surface area contributed by atoms with Crippen LogP contribution in [0, 0.1) is 11.3 Å². The second-order valence-electron chi connectivity index (χ2n) is 7.36. The summed E-state index contributed by atoms with van der Waals surface area (Å²) in [7, 11) is 4.09. The second kappa shape index (κ2) is 10.2. The fraction of sp³-hybridized carbons (Fsp3) is 0.941. The molecule has 4 nitrogen and oxygen atoms in total. The summed E-state index contributed by atoms with van der Waals surface area (Å²) in [4.78, 5) is 16.6. The van der Waals surface area contributed by atoms with Crippen molar-refractivity contribution >= 4 is 5.91 Å². The topological polar surface area (TPSA) is 49.6 Å². The Labute approximate surface area is 132 Å². The summed E-state index contributed by atoms with van der Waals surface area (Å²) in [5.74, 6) is 0.814. The van der Waals surface area contributed by atoms with Crippen molar-refractivity contribution in [2.75, 3.05) is 40.3 Å². The van der Waals surface area contributed by atoms with E-state index < -0.39 is 0 Å². The molecule has 0 aliphatic carbocycles. The molecule has 0 aromatic heterocycles. The minimum atomic E-state index is 0.221. The molecule has 4 heteroatoms. The number of nitrogens with zero attached hydrogens (tertiary/aromatic N) is 2. The highest BCUT2D eigenvalue weighted by Crippen LogP contribution is 2.32. The minimum Gasteiger partial charge on any atom is -0.341 e. The van der Waals surface area contributed by atoms with Crippen LogP contribution in [0.2, 0.25) is 0 Å². The quantitative estimate of drug-likeness (QED) is 0.674. The zero-order valence-corrected chi connectivity index (χ0v) is 15.1. The van der Waals surface area contributed by atoms with Gasteiger partial charge in [-0.15, -0.1) is 0 Å². The van der Waals surface area contributed by atoms with E-state index in [1.165, 1.54) is 0 Å². The van der Waals surface area contributed by atoms with Gasteiger partial charge in [0, 0.05) is 26.1 Å². The first-order valence-corrected chi connectivity index (χ1v) is 8.34. The lowest BCUT2D eigenvalue weighted by molar-refractivity contribution is -0.131. The molecule has 0 saturated heterocycles. The summed E-state index contributed by atoms with van der Waals surface area (Å²) in [6.07, 6.45) is 3.62. The maximum atomic E-state index is 12.5. The molecular weight excluding hydrogens is 262 g/mol. The lowest BCUT2D eigenvalue weighted by Crippen LogP contribution is -2.37. The smallest absolute Gasteiger partial charge is 0.222 e. The minimum absolute atomic E-state index is 0.221. The van der Waals surface area contributed by atoms with E-state index in [-0.39, 0.29) is 5.41 Å². The summed E-state index contributed by atoms with van der Waals surface area (Å²) in [5, 5.41) is 0. The molecule has 2 N–H and O–H groups in total. The number of nitrogens with two attached hydrogens (primary N) is 1. The van der Waals surface area contributed by atoms with Gasteiger partial charge in [0.1, 0.15) is 0 Å². The van der Waals surface area contributed by atoms with Crippen LogP contribution in [0.15, 0.2) is 0 Å². The molecular formula is C17H37N3O. The lowest BCUT2D eigenvalue weighted by atomic mass is 9.76. The average Bonchev–Trinajstić information content (AvgIpc) is 2.37. The highest BCUT2D eigenvalue weighted by atomic mass is 16.2. The SMILES string of the molecule is CCCN(CCN(C)C)C(=O)CCC(CCN)C(C)(C)C. The Morgan fingerprint density at radius 1 is 1.10 bits per heavy atom. The van der Waals surface area contributed by atoms with Crippen LogP contribution in [0.5, 0.6) is 0 Å². The van der Waals surface area contributed by atoms with E-state index in [0.29, 0.717) is 24.8 Å². The van der Waals surface area contributed by atoms with Crippen LogP contribution in [0.1, 0.15) is 53.4 Å². The van der Waals surface area contributed by atoms with Gasteiger partial charge in [0.05, 0.1) is 0 Å². The monoisotopic (exact) mass is 299 g/mol. The largest absolute Gasteiger partial charge is 0.341 e. The Bertz CT molecular complexity index is 284. The van der Waals surface area contributed by atoms with Crippen LogP contribution in [-0.2, 0) is 4.79 Å². The van der Waals surface area contributed by atoms with Gasteiger partial charge in [-0.3, -0.25) is 4.79 Å². The molecule has 0 aromatic rings. The summed E-state index contributed by atoms with van der Waals surface area (Å²) in [5.41, 5.74) is 5.94. The normalized spacial score (nSPS) is 13.5. The van der Waals surface area contributed by atoms with Gasteiger partial charge < -0.3 is 15.5 Å². The highest BCUT2D eigenvalue weighted by molar-refractivity contribution is 5.76. The Kier molecular flexibility index (Phi) is 9.88. The van der Waals surface area contributed by atoms with Crippen molar-refractivity contribution in [3.63, 3.8) is 0 Å². The zero-order valence-electron chi connectivity index (χ0n) is 15.1. The first-order valence-electron chi connectivity index (χ1n) is 8.34. The van der Waals surface area contributed by atoms with Gasteiger partial charge >= 0.3 is 0 Å². The van der Waals surface area contributed by atoms with Crippen molar-refractivity contribution in [1.82, 2.24) is 9.80 Å². The second-order valence-corrected chi connectivity index (χ2v) is 7.36. The number of amides is 1. The Hall–Kier alpha value is -0.610. The number of likely N-dealkylation sites (N-methyl/N-ethyl adjacent to an activating group) is 1. The summed E-state index contributed by atoms with van der Waals surface area (Å²) in [6, 6.07) is 0. The van der Waals surface area contributed by atoms with Crippen molar-refractivity contribution in [2.45, 2.75) is 53.4 Å². The van der Waals surface area contributed by atoms with Gasteiger partial charge in [0.15, 0.2) is 0 Å². The highest BCUT2D eigenvalue weighted by Gasteiger charge is 2.25. The maximum absolute atomic E-state index is 12.5. The van der Waals surface area contributed by atoms with Crippen LogP contribution >= 0.6 is 0 Å². The Morgan fingerprint density at radius 3 is 2.14 bits per heavy atom. The van der Waals surface area contributed by atoms with Crippen molar-refractivity contribution in [2.24, 2.45) is 17.1 Å². The van der Waals surface area contributed by atoms with Gasteiger partial charge in [0.25, 0.3) is 0 Å². The van der Waals surface area contributed by atoms with E-state index >= 15 is 0 Å². The summed E-state index contributed by atoms with van der Waals surface area (Å²) < 4.78 is 0. The molecule has 0 bridgehead atoms. The van der Waals surface area contributed by atoms with Gasteiger partial charge in [0.2, 0.25) is 5.91 Å². The molecule has 126 valence electrons. The molecule has 0 saturated carbocycles. The maximum Gasteiger partial charge on any atom is 0.222 e. The number of hydrogen-bond donors (Lipinski definition) is 1. The molecule has 1 amide bonds. The van der Waals surface area contributed by atoms with Crippen LogP contribution in [-0.4, -0.2) is 56.0 Å². The molecule has 1 unspecified atom stereocenters. The molecule has 0 aliphatic heterocycles. The van der Waals surface area contributed by atoms with E-state index in [0.717, 1.165) is 38.9 Å². The molecule has 21 heavy (non-hydrogen) atoms. The third-order valence-electron chi connectivity index (χ3n) is 4.11. The van der Waals surface area contributed by atoms with Gasteiger partial charge in [-0.1, -0.05) is 27.7 Å². The Balaban J connectivity index is 4.45.